The third kappa shape index (κ3) is 2.98. The molecule has 0 amide bonds. The van der Waals surface area contributed by atoms with E-state index in [0.29, 0.717) is 12.0 Å². The molecular formula is C13H14BrFN2S. The van der Waals surface area contributed by atoms with Gasteiger partial charge in [-0.25, -0.2) is 4.39 Å². The predicted octanol–water partition coefficient (Wildman–Crippen LogP) is 3.71. The predicted molar refractivity (Wildman–Crippen MR) is 76.9 cm³/mol. The highest BCUT2D eigenvalue weighted by Gasteiger charge is 2.16. The van der Waals surface area contributed by atoms with Crippen LogP contribution < -0.4 is 11.3 Å². The Morgan fingerprint density at radius 1 is 1.44 bits per heavy atom. The lowest BCUT2D eigenvalue weighted by molar-refractivity contribution is 0.533. The quantitative estimate of drug-likeness (QED) is 0.663. The molecule has 0 aliphatic rings. The molecule has 0 saturated carbocycles. The fourth-order valence-electron chi connectivity index (χ4n) is 1.88. The summed E-state index contributed by atoms with van der Waals surface area (Å²) in [5.41, 5.74) is 4.61. The topological polar surface area (TPSA) is 38.0 Å². The Hall–Kier alpha value is -0.750. The molecule has 5 heteroatoms. The van der Waals surface area contributed by atoms with Gasteiger partial charge in [0.15, 0.2) is 0 Å². The van der Waals surface area contributed by atoms with Crippen molar-refractivity contribution >= 4 is 27.3 Å². The number of rotatable bonds is 4. The maximum atomic E-state index is 13.8. The number of hydrazine groups is 1. The summed E-state index contributed by atoms with van der Waals surface area (Å²) in [5.74, 6) is 5.38. The smallest absolute Gasteiger partial charge is 0.127 e. The first-order chi connectivity index (χ1) is 8.61. The molecule has 96 valence electrons. The number of hydrogen-bond acceptors (Lipinski definition) is 3. The van der Waals surface area contributed by atoms with Crippen molar-refractivity contribution in [1.29, 1.82) is 0 Å². The standard InChI is InChI=1S/C13H14BrFN2S/c1-8-4-5-18-13(8)12(17-16)6-9-2-3-10(14)7-11(9)15/h2-5,7,12,17H,6,16H2,1H3. The summed E-state index contributed by atoms with van der Waals surface area (Å²) < 4.78 is 14.5. The second kappa shape index (κ2) is 5.93. The number of nitrogens with two attached hydrogens (primary N) is 1. The van der Waals surface area contributed by atoms with Gasteiger partial charge in [-0.2, -0.15) is 0 Å². The van der Waals surface area contributed by atoms with Gasteiger partial charge in [-0.3, -0.25) is 11.3 Å². The minimum atomic E-state index is -0.209. The number of benzene rings is 1. The van der Waals surface area contributed by atoms with Crippen molar-refractivity contribution in [1.82, 2.24) is 5.43 Å². The van der Waals surface area contributed by atoms with Crippen molar-refractivity contribution in [2.45, 2.75) is 19.4 Å². The largest absolute Gasteiger partial charge is 0.271 e. The van der Waals surface area contributed by atoms with Crippen LogP contribution in [0.5, 0.6) is 0 Å². The molecule has 2 aromatic rings. The van der Waals surface area contributed by atoms with E-state index >= 15 is 0 Å². The fourth-order valence-corrected chi connectivity index (χ4v) is 3.20. The molecule has 0 radical (unpaired) electrons. The highest BCUT2D eigenvalue weighted by molar-refractivity contribution is 9.10. The van der Waals surface area contributed by atoms with Gasteiger partial charge in [0, 0.05) is 9.35 Å². The average Bonchev–Trinajstić information content (AvgIpc) is 2.75. The SMILES string of the molecule is Cc1ccsc1C(Cc1ccc(Br)cc1F)NN. The van der Waals surface area contributed by atoms with Gasteiger partial charge in [-0.05, 0) is 48.1 Å². The maximum absolute atomic E-state index is 13.8. The fraction of sp³-hybridized carbons (Fsp3) is 0.231. The Labute approximate surface area is 118 Å². The van der Waals surface area contributed by atoms with Gasteiger partial charge in [0.2, 0.25) is 0 Å². The minimum absolute atomic E-state index is 0.0549. The summed E-state index contributed by atoms with van der Waals surface area (Å²) in [4.78, 5) is 1.15. The lowest BCUT2D eigenvalue weighted by Gasteiger charge is -2.16. The van der Waals surface area contributed by atoms with Crippen molar-refractivity contribution in [2.75, 3.05) is 0 Å². The molecular weight excluding hydrogens is 315 g/mol. The molecule has 0 bridgehead atoms. The van der Waals surface area contributed by atoms with Gasteiger partial charge >= 0.3 is 0 Å². The van der Waals surface area contributed by atoms with Crippen LogP contribution in [-0.2, 0) is 6.42 Å². The van der Waals surface area contributed by atoms with Crippen LogP contribution in [0.4, 0.5) is 4.39 Å². The third-order valence-corrected chi connectivity index (χ3v) is 4.48. The zero-order valence-corrected chi connectivity index (χ0v) is 12.3. The molecule has 1 aromatic carbocycles. The average molecular weight is 329 g/mol. The zero-order chi connectivity index (χ0) is 13.1. The van der Waals surface area contributed by atoms with Crippen LogP contribution in [0.2, 0.25) is 0 Å². The Morgan fingerprint density at radius 3 is 2.78 bits per heavy atom. The maximum Gasteiger partial charge on any atom is 0.127 e. The van der Waals surface area contributed by atoms with E-state index in [1.165, 1.54) is 11.6 Å². The molecule has 1 atom stereocenters. The molecule has 2 rings (SSSR count). The Kier molecular flexibility index (Phi) is 4.50. The monoisotopic (exact) mass is 328 g/mol. The second-order valence-corrected chi connectivity index (χ2v) is 5.99. The molecule has 0 aliphatic carbocycles. The van der Waals surface area contributed by atoms with E-state index in [-0.39, 0.29) is 11.9 Å². The zero-order valence-electron chi connectivity index (χ0n) is 9.91. The van der Waals surface area contributed by atoms with Gasteiger partial charge < -0.3 is 0 Å². The Bertz CT molecular complexity index is 542. The molecule has 1 unspecified atom stereocenters. The second-order valence-electron chi connectivity index (χ2n) is 4.13. The van der Waals surface area contributed by atoms with E-state index in [4.69, 9.17) is 5.84 Å². The lowest BCUT2D eigenvalue weighted by Crippen LogP contribution is -2.29. The number of halogens is 2. The first kappa shape index (κ1) is 13.7. The van der Waals surface area contributed by atoms with Gasteiger partial charge in [0.25, 0.3) is 0 Å². The summed E-state index contributed by atoms with van der Waals surface area (Å²) in [6.07, 6.45) is 0.539. The Balaban J connectivity index is 2.23. The lowest BCUT2D eigenvalue weighted by atomic mass is 10.0. The summed E-state index contributed by atoms with van der Waals surface area (Å²) in [5, 5.41) is 2.02. The third-order valence-electron chi connectivity index (χ3n) is 2.86. The number of hydrogen-bond donors (Lipinski definition) is 2. The van der Waals surface area contributed by atoms with E-state index < -0.39 is 0 Å². The van der Waals surface area contributed by atoms with Crippen molar-refractivity contribution < 1.29 is 4.39 Å². The molecule has 0 spiro atoms. The Morgan fingerprint density at radius 2 is 2.22 bits per heavy atom. The molecule has 2 nitrogen and oxygen atoms in total. The van der Waals surface area contributed by atoms with Crippen LogP contribution in [0.3, 0.4) is 0 Å². The number of aryl methyl sites for hydroxylation is 1. The first-order valence-electron chi connectivity index (χ1n) is 5.56. The van der Waals surface area contributed by atoms with Crippen molar-refractivity contribution in [2.24, 2.45) is 5.84 Å². The van der Waals surface area contributed by atoms with E-state index in [1.807, 2.05) is 24.4 Å². The molecule has 0 fully saturated rings. The van der Waals surface area contributed by atoms with Crippen molar-refractivity contribution in [3.05, 3.63) is 55.9 Å². The molecule has 18 heavy (non-hydrogen) atoms. The van der Waals surface area contributed by atoms with Crippen LogP contribution >= 0.6 is 27.3 Å². The van der Waals surface area contributed by atoms with Crippen LogP contribution in [0.1, 0.15) is 22.0 Å². The normalized spacial score (nSPS) is 12.7. The van der Waals surface area contributed by atoms with Gasteiger partial charge in [0.1, 0.15) is 5.82 Å². The van der Waals surface area contributed by atoms with E-state index in [1.54, 1.807) is 17.4 Å². The van der Waals surface area contributed by atoms with Gasteiger partial charge in [-0.1, -0.05) is 22.0 Å². The summed E-state index contributed by atoms with van der Waals surface area (Å²) in [7, 11) is 0. The van der Waals surface area contributed by atoms with Gasteiger partial charge in [0.05, 0.1) is 6.04 Å². The number of thiophene rings is 1. The highest BCUT2D eigenvalue weighted by Crippen LogP contribution is 2.27. The van der Waals surface area contributed by atoms with Crippen molar-refractivity contribution in [3.8, 4) is 0 Å². The van der Waals surface area contributed by atoms with Crippen LogP contribution in [-0.4, -0.2) is 0 Å². The molecule has 0 saturated heterocycles. The van der Waals surface area contributed by atoms with E-state index in [0.717, 1.165) is 9.35 Å². The van der Waals surface area contributed by atoms with Crippen LogP contribution in [0, 0.1) is 12.7 Å². The van der Waals surface area contributed by atoms with Crippen LogP contribution in [0.15, 0.2) is 34.1 Å². The first-order valence-corrected chi connectivity index (χ1v) is 7.23. The molecule has 1 heterocycles. The summed E-state index contributed by atoms with van der Waals surface area (Å²) in [6, 6.07) is 7.09. The van der Waals surface area contributed by atoms with E-state index in [2.05, 4.69) is 21.4 Å². The highest BCUT2D eigenvalue weighted by atomic mass is 79.9. The molecule has 1 aromatic heterocycles. The van der Waals surface area contributed by atoms with Gasteiger partial charge in [-0.15, -0.1) is 11.3 Å². The minimum Gasteiger partial charge on any atom is -0.271 e. The van der Waals surface area contributed by atoms with E-state index in [9.17, 15) is 4.39 Å². The summed E-state index contributed by atoms with van der Waals surface area (Å²) >= 11 is 4.89. The molecule has 0 aliphatic heterocycles. The summed E-state index contributed by atoms with van der Waals surface area (Å²) in [6.45, 7) is 2.04. The van der Waals surface area contributed by atoms with Crippen LogP contribution in [0.25, 0.3) is 0 Å². The number of nitrogens with one attached hydrogen (secondary N) is 1. The molecule has 3 N–H and O–H groups in total. The van der Waals surface area contributed by atoms with Crippen molar-refractivity contribution in [3.63, 3.8) is 0 Å².